The fourth-order valence-corrected chi connectivity index (χ4v) is 4.60. The smallest absolute Gasteiger partial charge is 0.349 e. The van der Waals surface area contributed by atoms with Crippen molar-refractivity contribution in [3.63, 3.8) is 0 Å². The number of fused-ring (bicyclic) bond motifs is 2. The van der Waals surface area contributed by atoms with Crippen LogP contribution in [0.3, 0.4) is 0 Å². The maximum atomic E-state index is 13.2. The van der Waals surface area contributed by atoms with Crippen molar-refractivity contribution in [2.75, 3.05) is 13.1 Å². The van der Waals surface area contributed by atoms with Gasteiger partial charge in [-0.25, -0.2) is 14.6 Å². The minimum absolute atomic E-state index is 0.00429. The van der Waals surface area contributed by atoms with Gasteiger partial charge >= 0.3 is 11.3 Å². The number of hydrogen-bond acceptors (Lipinski definition) is 6. The van der Waals surface area contributed by atoms with Crippen LogP contribution < -0.4 is 16.9 Å². The Morgan fingerprint density at radius 1 is 1.09 bits per heavy atom. The largest absolute Gasteiger partial charge is 0.422 e. The van der Waals surface area contributed by atoms with Crippen molar-refractivity contribution < 1.29 is 9.21 Å². The molecule has 0 atom stereocenters. The van der Waals surface area contributed by atoms with E-state index in [-0.39, 0.29) is 22.9 Å². The van der Waals surface area contributed by atoms with E-state index in [0.717, 1.165) is 9.95 Å². The molecule has 1 N–H and O–H groups in total. The Kier molecular flexibility index (Phi) is 4.80. The van der Waals surface area contributed by atoms with E-state index in [1.165, 1.54) is 11.6 Å². The Balaban J connectivity index is 1.41. The number of imidazole rings is 1. The quantitative estimate of drug-likeness (QED) is 0.462. The maximum absolute atomic E-state index is 13.2. The second-order valence-corrected chi connectivity index (χ2v) is 8.48. The van der Waals surface area contributed by atoms with Crippen LogP contribution >= 0.6 is 0 Å². The second-order valence-electron chi connectivity index (χ2n) is 8.48. The molecule has 33 heavy (non-hydrogen) atoms. The van der Waals surface area contributed by atoms with Crippen molar-refractivity contribution >= 4 is 28.0 Å². The fourth-order valence-electron chi connectivity index (χ4n) is 4.60. The Morgan fingerprint density at radius 2 is 1.79 bits per heavy atom. The third kappa shape index (κ3) is 3.21. The molecule has 4 heterocycles. The zero-order chi connectivity index (χ0) is 23.4. The molecule has 1 aliphatic rings. The summed E-state index contributed by atoms with van der Waals surface area (Å²) in [6.07, 6.45) is 1.22. The molecule has 4 aromatic rings. The van der Waals surface area contributed by atoms with Crippen molar-refractivity contribution in [3.05, 3.63) is 72.5 Å². The molecule has 1 aromatic carbocycles. The summed E-state index contributed by atoms with van der Waals surface area (Å²) in [6, 6.07) is 7.16. The molecule has 5 rings (SSSR count). The highest BCUT2D eigenvalue weighted by Crippen LogP contribution is 2.28. The van der Waals surface area contributed by atoms with Gasteiger partial charge in [0.2, 0.25) is 0 Å². The summed E-state index contributed by atoms with van der Waals surface area (Å²) in [5.41, 5.74) is 0.262. The molecule has 0 spiro atoms. The Morgan fingerprint density at radius 3 is 2.52 bits per heavy atom. The number of benzene rings is 1. The van der Waals surface area contributed by atoms with Gasteiger partial charge in [0.25, 0.3) is 11.5 Å². The van der Waals surface area contributed by atoms with Crippen LogP contribution in [-0.2, 0) is 14.1 Å². The number of hydrogen-bond donors (Lipinski definition) is 1. The molecule has 1 amide bonds. The highest BCUT2D eigenvalue weighted by Gasteiger charge is 2.30. The number of piperidine rings is 1. The first kappa shape index (κ1) is 20.9. The fraction of sp³-hybridized carbons (Fsp3) is 0.348. The van der Waals surface area contributed by atoms with Crippen LogP contribution in [0.15, 0.2) is 43.1 Å². The molecule has 1 fully saturated rings. The van der Waals surface area contributed by atoms with Crippen molar-refractivity contribution in [2.45, 2.75) is 25.7 Å². The number of aromatic nitrogens is 4. The number of amides is 1. The molecular weight excluding hydrogens is 426 g/mol. The topological polar surface area (TPSA) is 123 Å². The van der Waals surface area contributed by atoms with Gasteiger partial charge in [-0.3, -0.25) is 18.7 Å². The number of aromatic amines is 1. The van der Waals surface area contributed by atoms with E-state index in [2.05, 4.69) is 9.97 Å². The van der Waals surface area contributed by atoms with Crippen molar-refractivity contribution in [3.8, 4) is 0 Å². The molecule has 0 bridgehead atoms. The highest BCUT2D eigenvalue weighted by molar-refractivity contribution is 5.99. The molecule has 10 nitrogen and oxygen atoms in total. The molecule has 3 aromatic heterocycles. The second kappa shape index (κ2) is 7.58. The summed E-state index contributed by atoms with van der Waals surface area (Å²) < 4.78 is 7.76. The predicted molar refractivity (Wildman–Crippen MR) is 122 cm³/mol. The van der Waals surface area contributed by atoms with Gasteiger partial charge in [0, 0.05) is 38.5 Å². The van der Waals surface area contributed by atoms with Gasteiger partial charge in [0.05, 0.1) is 0 Å². The summed E-state index contributed by atoms with van der Waals surface area (Å²) in [4.78, 5) is 59.6. The van der Waals surface area contributed by atoms with Gasteiger partial charge in [-0.15, -0.1) is 0 Å². The van der Waals surface area contributed by atoms with E-state index < -0.39 is 16.9 Å². The summed E-state index contributed by atoms with van der Waals surface area (Å²) >= 11 is 0. The maximum Gasteiger partial charge on any atom is 0.349 e. The summed E-state index contributed by atoms with van der Waals surface area (Å²) in [5.74, 6) is 0.276. The van der Waals surface area contributed by atoms with Gasteiger partial charge < -0.3 is 14.3 Å². The van der Waals surface area contributed by atoms with Gasteiger partial charge in [-0.1, -0.05) is 18.2 Å². The minimum atomic E-state index is -0.632. The standard InChI is InChI=1S/C23H23N5O5/c1-12-14-6-4-5-7-15(14)33-22(31)16(12)20(29)28-10-8-13(9-11-28)18-24-17-19(25-18)26(2)23(32)27(3)21(17)30/h4-7,13H,8-11H2,1-3H3,(H,24,25). The lowest BCUT2D eigenvalue weighted by Crippen LogP contribution is -2.40. The van der Waals surface area contributed by atoms with Crippen LogP contribution in [0.2, 0.25) is 0 Å². The van der Waals surface area contributed by atoms with E-state index in [9.17, 15) is 19.2 Å². The zero-order valence-electron chi connectivity index (χ0n) is 18.5. The first-order valence-corrected chi connectivity index (χ1v) is 10.7. The first-order chi connectivity index (χ1) is 15.8. The number of nitrogens with zero attached hydrogens (tertiary/aromatic N) is 4. The van der Waals surface area contributed by atoms with Crippen molar-refractivity contribution in [1.29, 1.82) is 0 Å². The Bertz CT molecular complexity index is 1600. The van der Waals surface area contributed by atoms with Crippen LogP contribution in [0.4, 0.5) is 0 Å². The molecule has 0 aliphatic carbocycles. The number of carbonyl (C=O) groups is 1. The first-order valence-electron chi connectivity index (χ1n) is 10.7. The average Bonchev–Trinajstić information content (AvgIpc) is 3.27. The molecular formula is C23H23N5O5. The number of H-pyrrole nitrogens is 1. The Hall–Kier alpha value is -3.95. The molecule has 10 heteroatoms. The van der Waals surface area contributed by atoms with E-state index in [1.54, 1.807) is 31.0 Å². The van der Waals surface area contributed by atoms with E-state index in [4.69, 9.17) is 4.42 Å². The van der Waals surface area contributed by atoms with Gasteiger partial charge in [-0.05, 0) is 31.4 Å². The normalized spacial score (nSPS) is 14.9. The van der Waals surface area contributed by atoms with Gasteiger partial charge in [0.1, 0.15) is 22.5 Å². The SMILES string of the molecule is Cc1c(C(=O)N2CCC(c3nc4c([nH]3)c(=O)n(C)c(=O)n4C)CC2)c(=O)oc2ccccc12. The van der Waals surface area contributed by atoms with Crippen molar-refractivity contribution in [1.82, 2.24) is 24.0 Å². The number of nitrogens with one attached hydrogen (secondary N) is 1. The number of para-hydroxylation sites is 1. The molecule has 170 valence electrons. The van der Waals surface area contributed by atoms with Crippen molar-refractivity contribution in [2.24, 2.45) is 14.1 Å². The highest BCUT2D eigenvalue weighted by atomic mass is 16.4. The molecule has 1 aliphatic heterocycles. The van der Waals surface area contributed by atoms with Gasteiger partial charge in [0.15, 0.2) is 5.65 Å². The third-order valence-corrected chi connectivity index (χ3v) is 6.57. The molecule has 0 saturated carbocycles. The average molecular weight is 449 g/mol. The van der Waals surface area contributed by atoms with Crippen LogP contribution in [0.25, 0.3) is 22.1 Å². The van der Waals surface area contributed by atoms with E-state index >= 15 is 0 Å². The lowest BCUT2D eigenvalue weighted by molar-refractivity contribution is 0.0706. The Labute approximate surface area is 187 Å². The molecule has 0 radical (unpaired) electrons. The van der Waals surface area contributed by atoms with E-state index in [0.29, 0.717) is 48.5 Å². The van der Waals surface area contributed by atoms with Gasteiger partial charge in [-0.2, -0.15) is 0 Å². The van der Waals surface area contributed by atoms with Crippen LogP contribution in [0, 0.1) is 6.92 Å². The summed E-state index contributed by atoms with van der Waals surface area (Å²) in [5, 5.41) is 0.741. The minimum Gasteiger partial charge on any atom is -0.422 e. The number of likely N-dealkylation sites (tertiary alicyclic amines) is 1. The number of carbonyl (C=O) groups excluding carboxylic acids is 1. The lowest BCUT2D eigenvalue weighted by atomic mass is 9.95. The monoisotopic (exact) mass is 449 g/mol. The third-order valence-electron chi connectivity index (χ3n) is 6.57. The molecule has 1 saturated heterocycles. The van der Waals surface area contributed by atoms with Crippen LogP contribution in [0.1, 0.15) is 40.5 Å². The lowest BCUT2D eigenvalue weighted by Gasteiger charge is -2.31. The molecule has 0 unspecified atom stereocenters. The summed E-state index contributed by atoms with van der Waals surface area (Å²) in [6.45, 7) is 2.63. The predicted octanol–water partition coefficient (Wildman–Crippen LogP) is 1.39. The summed E-state index contributed by atoms with van der Waals surface area (Å²) in [7, 11) is 3.01. The number of aryl methyl sites for hydroxylation is 2. The van der Waals surface area contributed by atoms with E-state index in [1.807, 2.05) is 12.1 Å². The number of rotatable bonds is 2. The van der Waals surface area contributed by atoms with Crippen LogP contribution in [0.5, 0.6) is 0 Å². The zero-order valence-corrected chi connectivity index (χ0v) is 18.5. The van der Waals surface area contributed by atoms with Crippen LogP contribution in [-0.4, -0.2) is 43.0 Å².